The SMILES string of the molecule is COc1nc(OC)nc(-n2nc(S(N)(=O)=O)nc2Nc2c(Cl)ccc(C)c2Cl)n1. The zero-order chi connectivity index (χ0) is 21.3. The van der Waals surface area contributed by atoms with E-state index in [1.807, 2.05) is 0 Å². The van der Waals surface area contributed by atoms with Crippen LogP contribution in [0.25, 0.3) is 5.95 Å². The van der Waals surface area contributed by atoms with Gasteiger partial charge in [-0.25, -0.2) is 13.6 Å². The maximum absolute atomic E-state index is 11.8. The number of primary sulfonamides is 1. The largest absolute Gasteiger partial charge is 0.467 e. The molecule has 3 rings (SSSR count). The number of nitrogens with one attached hydrogen (secondary N) is 1. The first-order valence-corrected chi connectivity index (χ1v) is 10.00. The van der Waals surface area contributed by atoms with E-state index in [-0.39, 0.29) is 34.6 Å². The molecule has 0 bridgehead atoms. The molecule has 0 amide bonds. The van der Waals surface area contributed by atoms with Gasteiger partial charge in [0.05, 0.1) is 30.0 Å². The molecule has 154 valence electrons. The molecule has 2 heterocycles. The lowest BCUT2D eigenvalue weighted by molar-refractivity contribution is 0.338. The van der Waals surface area contributed by atoms with Gasteiger partial charge in [0.1, 0.15) is 0 Å². The molecule has 3 N–H and O–H groups in total. The number of anilines is 2. The van der Waals surface area contributed by atoms with Crippen molar-refractivity contribution in [1.82, 2.24) is 29.7 Å². The molecule has 29 heavy (non-hydrogen) atoms. The first-order valence-electron chi connectivity index (χ1n) is 7.70. The van der Waals surface area contributed by atoms with Gasteiger partial charge in [-0.15, -0.1) is 10.1 Å². The third-order valence-corrected chi connectivity index (χ3v) is 4.98. The molecule has 0 unspecified atom stereocenters. The summed E-state index contributed by atoms with van der Waals surface area (Å²) >= 11 is 12.5. The van der Waals surface area contributed by atoms with Crippen LogP contribution in [0.1, 0.15) is 5.56 Å². The summed E-state index contributed by atoms with van der Waals surface area (Å²) in [4.78, 5) is 15.8. The highest BCUT2D eigenvalue weighted by molar-refractivity contribution is 7.89. The normalized spacial score (nSPS) is 11.4. The number of hydrogen-bond acceptors (Lipinski definition) is 10. The second-order valence-corrected chi connectivity index (χ2v) is 7.70. The maximum atomic E-state index is 11.8. The Morgan fingerprint density at radius 3 is 2.24 bits per heavy atom. The average molecular weight is 461 g/mol. The maximum Gasteiger partial charge on any atom is 0.324 e. The van der Waals surface area contributed by atoms with Crippen molar-refractivity contribution in [2.24, 2.45) is 5.14 Å². The van der Waals surface area contributed by atoms with E-state index in [2.05, 4.69) is 30.4 Å². The number of nitrogens with zero attached hydrogens (tertiary/aromatic N) is 6. The van der Waals surface area contributed by atoms with E-state index >= 15 is 0 Å². The molecule has 2 aromatic heterocycles. The fourth-order valence-corrected chi connectivity index (χ4v) is 3.00. The lowest BCUT2D eigenvalue weighted by Crippen LogP contribution is -2.15. The molecule has 15 heteroatoms. The molecule has 3 aromatic rings. The van der Waals surface area contributed by atoms with Gasteiger partial charge in [0.25, 0.3) is 21.1 Å². The van der Waals surface area contributed by atoms with Gasteiger partial charge in [0, 0.05) is 0 Å². The zero-order valence-electron chi connectivity index (χ0n) is 15.2. The lowest BCUT2D eigenvalue weighted by Gasteiger charge is -2.12. The predicted molar refractivity (Wildman–Crippen MR) is 104 cm³/mol. The van der Waals surface area contributed by atoms with Crippen LogP contribution in [0.4, 0.5) is 11.6 Å². The topological polar surface area (TPSA) is 160 Å². The molecule has 0 saturated heterocycles. The molecular formula is C14H14Cl2N8O4S. The summed E-state index contributed by atoms with van der Waals surface area (Å²) in [5.74, 6) is -0.280. The van der Waals surface area contributed by atoms with E-state index in [1.165, 1.54) is 14.2 Å². The fourth-order valence-electron chi connectivity index (χ4n) is 2.12. The van der Waals surface area contributed by atoms with Crippen LogP contribution < -0.4 is 19.9 Å². The van der Waals surface area contributed by atoms with E-state index < -0.39 is 15.2 Å². The Hall–Kier alpha value is -2.74. The van der Waals surface area contributed by atoms with Gasteiger partial charge in [0.15, 0.2) is 0 Å². The Kier molecular flexibility index (Phi) is 5.75. The molecule has 0 aliphatic heterocycles. The minimum absolute atomic E-state index is 0.0999. The highest BCUT2D eigenvalue weighted by Crippen LogP contribution is 2.35. The van der Waals surface area contributed by atoms with Crippen molar-refractivity contribution in [2.45, 2.75) is 12.1 Å². The first kappa shape index (κ1) is 21.0. The van der Waals surface area contributed by atoms with Crippen LogP contribution in [-0.4, -0.2) is 52.4 Å². The molecule has 0 spiro atoms. The summed E-state index contributed by atoms with van der Waals surface area (Å²) in [5.41, 5.74) is 0.996. The summed E-state index contributed by atoms with van der Waals surface area (Å²) in [6.45, 7) is 1.77. The Bertz CT molecular complexity index is 1160. The van der Waals surface area contributed by atoms with Crippen molar-refractivity contribution in [2.75, 3.05) is 19.5 Å². The molecule has 0 atom stereocenters. The minimum atomic E-state index is -4.25. The summed E-state index contributed by atoms with van der Waals surface area (Å²) in [7, 11) is -1.58. The highest BCUT2D eigenvalue weighted by atomic mass is 35.5. The second kappa shape index (κ2) is 7.94. The number of aryl methyl sites for hydroxylation is 1. The van der Waals surface area contributed by atoms with Crippen molar-refractivity contribution in [1.29, 1.82) is 0 Å². The van der Waals surface area contributed by atoms with E-state index in [0.717, 1.165) is 10.2 Å². The lowest BCUT2D eigenvalue weighted by atomic mass is 10.2. The molecule has 12 nitrogen and oxygen atoms in total. The number of nitrogens with two attached hydrogens (primary N) is 1. The van der Waals surface area contributed by atoms with Gasteiger partial charge in [-0.2, -0.15) is 19.6 Å². The number of rotatable bonds is 6. The van der Waals surface area contributed by atoms with Crippen LogP contribution in [0.15, 0.2) is 17.3 Å². The number of methoxy groups -OCH3 is 2. The van der Waals surface area contributed by atoms with Crippen LogP contribution in [0.3, 0.4) is 0 Å². The number of hydrogen-bond donors (Lipinski definition) is 2. The Balaban J connectivity index is 2.21. The van der Waals surface area contributed by atoms with E-state index in [0.29, 0.717) is 5.02 Å². The third-order valence-electron chi connectivity index (χ3n) is 3.50. The van der Waals surface area contributed by atoms with Crippen molar-refractivity contribution in [3.05, 3.63) is 27.7 Å². The van der Waals surface area contributed by atoms with Crippen LogP contribution in [0.2, 0.25) is 10.0 Å². The highest BCUT2D eigenvalue weighted by Gasteiger charge is 2.24. The predicted octanol–water partition coefficient (Wildman–Crippen LogP) is 1.48. The summed E-state index contributed by atoms with van der Waals surface area (Å²) in [5, 5.41) is 11.7. The van der Waals surface area contributed by atoms with Crippen molar-refractivity contribution >= 4 is 44.9 Å². The van der Waals surface area contributed by atoms with Crippen molar-refractivity contribution in [3.8, 4) is 18.0 Å². The molecule has 0 aliphatic rings. The Morgan fingerprint density at radius 2 is 1.69 bits per heavy atom. The average Bonchev–Trinajstić information content (AvgIpc) is 3.12. The standard InChI is InChI=1S/C14H14Cl2N8O4S/c1-6-4-5-7(15)9(8(6)16)18-10-21-14(29(17,25)26)23-24(10)11-19-12(27-2)22-13(20-11)28-3/h4-5H,1-3H3,(H2,17,25,26)(H,18,21,23). The number of benzene rings is 1. The van der Waals surface area contributed by atoms with Gasteiger partial charge < -0.3 is 14.8 Å². The number of aromatic nitrogens is 6. The van der Waals surface area contributed by atoms with Crippen molar-refractivity contribution in [3.63, 3.8) is 0 Å². The van der Waals surface area contributed by atoms with Gasteiger partial charge in [-0.1, -0.05) is 29.3 Å². The monoisotopic (exact) mass is 460 g/mol. The fraction of sp³-hybridized carbons (Fsp3) is 0.214. The van der Waals surface area contributed by atoms with E-state index in [1.54, 1.807) is 19.1 Å². The number of ether oxygens (including phenoxy) is 2. The van der Waals surface area contributed by atoms with E-state index in [9.17, 15) is 8.42 Å². The molecule has 0 aliphatic carbocycles. The van der Waals surface area contributed by atoms with Crippen LogP contribution in [-0.2, 0) is 10.0 Å². The van der Waals surface area contributed by atoms with Crippen LogP contribution in [0.5, 0.6) is 12.0 Å². The van der Waals surface area contributed by atoms with Gasteiger partial charge in [-0.05, 0) is 18.6 Å². The summed E-state index contributed by atoms with van der Waals surface area (Å²) < 4.78 is 34.5. The third kappa shape index (κ3) is 4.32. The first-order chi connectivity index (χ1) is 13.6. The summed E-state index contributed by atoms with van der Waals surface area (Å²) in [6.07, 6.45) is 0. The Morgan fingerprint density at radius 1 is 1.07 bits per heavy atom. The number of sulfonamides is 1. The van der Waals surface area contributed by atoms with Crippen LogP contribution in [0, 0.1) is 6.92 Å². The quantitative estimate of drug-likeness (QED) is 0.550. The van der Waals surface area contributed by atoms with Gasteiger partial charge >= 0.3 is 12.0 Å². The van der Waals surface area contributed by atoms with E-state index in [4.69, 9.17) is 37.8 Å². The number of halogens is 2. The molecule has 0 fully saturated rings. The molecule has 0 radical (unpaired) electrons. The van der Waals surface area contributed by atoms with Gasteiger partial charge in [-0.3, -0.25) is 0 Å². The van der Waals surface area contributed by atoms with Gasteiger partial charge in [0.2, 0.25) is 5.95 Å². The zero-order valence-corrected chi connectivity index (χ0v) is 17.5. The molecule has 0 saturated carbocycles. The summed E-state index contributed by atoms with van der Waals surface area (Å²) in [6, 6.07) is 3.13. The Labute approximate surface area is 175 Å². The smallest absolute Gasteiger partial charge is 0.324 e. The molecular weight excluding hydrogens is 447 g/mol. The second-order valence-electron chi connectivity index (χ2n) is 5.46. The van der Waals surface area contributed by atoms with Crippen LogP contribution >= 0.6 is 23.2 Å². The van der Waals surface area contributed by atoms with Crippen molar-refractivity contribution < 1.29 is 17.9 Å². The molecule has 1 aromatic carbocycles. The minimum Gasteiger partial charge on any atom is -0.467 e.